The second-order valence-electron chi connectivity index (χ2n) is 3.85. The van der Waals surface area contributed by atoms with Gasteiger partial charge in [-0.25, -0.2) is 9.98 Å². The molecule has 0 amide bonds. The molecule has 0 bridgehead atoms. The van der Waals surface area contributed by atoms with Crippen molar-refractivity contribution in [3.63, 3.8) is 0 Å². The molecular weight excluding hydrogens is 260 g/mol. The van der Waals surface area contributed by atoms with E-state index < -0.39 is 0 Å². The Hall–Kier alpha value is -1.82. The van der Waals surface area contributed by atoms with Crippen LogP contribution in [0.2, 0.25) is 0 Å². The van der Waals surface area contributed by atoms with Crippen LogP contribution in [0.1, 0.15) is 19.5 Å². The lowest BCUT2D eigenvalue weighted by Gasteiger charge is -2.07. The summed E-state index contributed by atoms with van der Waals surface area (Å²) in [6.07, 6.45) is 1.66. The van der Waals surface area contributed by atoms with E-state index in [9.17, 15) is 0 Å². The molecule has 0 aliphatic carbocycles. The molecule has 6 heteroatoms. The largest absolute Gasteiger partial charge is 0.443 e. The molecule has 2 heterocycles. The zero-order valence-corrected chi connectivity index (χ0v) is 12.0. The third kappa shape index (κ3) is 3.82. The van der Waals surface area contributed by atoms with Crippen LogP contribution < -0.4 is 10.6 Å². The lowest BCUT2D eigenvalue weighted by atomic mass is 10.4. The number of rotatable bonds is 5. The number of oxazole rings is 1. The fourth-order valence-electron chi connectivity index (χ4n) is 1.56. The van der Waals surface area contributed by atoms with E-state index in [0.29, 0.717) is 12.4 Å². The van der Waals surface area contributed by atoms with Crippen LogP contribution in [0.15, 0.2) is 33.2 Å². The molecule has 2 aromatic heterocycles. The first-order valence-electron chi connectivity index (χ1n) is 6.34. The number of nitrogens with zero attached hydrogens (tertiary/aromatic N) is 2. The van der Waals surface area contributed by atoms with Gasteiger partial charge in [-0.2, -0.15) is 0 Å². The van der Waals surface area contributed by atoms with Crippen molar-refractivity contribution in [1.82, 2.24) is 15.6 Å². The maximum Gasteiger partial charge on any atom is 0.236 e. The molecule has 19 heavy (non-hydrogen) atoms. The Labute approximate surface area is 116 Å². The Bertz CT molecular complexity index is 510. The van der Waals surface area contributed by atoms with E-state index in [2.05, 4.69) is 20.6 Å². The van der Waals surface area contributed by atoms with E-state index in [0.717, 1.165) is 29.6 Å². The average Bonchev–Trinajstić information content (AvgIpc) is 3.07. The molecule has 0 saturated carbocycles. The first-order chi connectivity index (χ1) is 9.33. The van der Waals surface area contributed by atoms with Crippen LogP contribution in [0.5, 0.6) is 0 Å². The van der Waals surface area contributed by atoms with Gasteiger partial charge < -0.3 is 15.1 Å². The van der Waals surface area contributed by atoms with E-state index in [1.807, 2.05) is 31.4 Å². The van der Waals surface area contributed by atoms with E-state index in [1.54, 1.807) is 17.6 Å². The maximum absolute atomic E-state index is 5.45. The minimum atomic E-state index is 0.504. The minimum Gasteiger partial charge on any atom is -0.443 e. The van der Waals surface area contributed by atoms with Crippen molar-refractivity contribution in [2.75, 3.05) is 13.1 Å². The molecule has 0 spiro atoms. The van der Waals surface area contributed by atoms with Gasteiger partial charge in [-0.1, -0.05) is 6.07 Å². The monoisotopic (exact) mass is 278 g/mol. The van der Waals surface area contributed by atoms with Crippen LogP contribution in [0.25, 0.3) is 10.8 Å². The molecule has 2 aromatic rings. The smallest absolute Gasteiger partial charge is 0.236 e. The molecule has 5 nitrogen and oxygen atoms in total. The van der Waals surface area contributed by atoms with Crippen LogP contribution in [0.3, 0.4) is 0 Å². The van der Waals surface area contributed by atoms with Crippen molar-refractivity contribution < 1.29 is 4.42 Å². The van der Waals surface area contributed by atoms with Gasteiger partial charge in [0.1, 0.15) is 12.0 Å². The summed E-state index contributed by atoms with van der Waals surface area (Å²) >= 11 is 1.61. The number of guanidine groups is 1. The molecule has 0 aromatic carbocycles. The van der Waals surface area contributed by atoms with Crippen molar-refractivity contribution in [3.05, 3.63) is 29.5 Å². The number of hydrogen-bond acceptors (Lipinski definition) is 4. The Morgan fingerprint density at radius 1 is 1.37 bits per heavy atom. The summed E-state index contributed by atoms with van der Waals surface area (Å²) in [5.41, 5.74) is 0.830. The van der Waals surface area contributed by atoms with Crippen molar-refractivity contribution in [2.45, 2.75) is 20.4 Å². The Balaban J connectivity index is 2.01. The second-order valence-corrected chi connectivity index (χ2v) is 4.79. The number of hydrogen-bond donors (Lipinski definition) is 2. The molecule has 0 aliphatic rings. The van der Waals surface area contributed by atoms with Gasteiger partial charge in [-0.3, -0.25) is 0 Å². The summed E-state index contributed by atoms with van der Waals surface area (Å²) in [7, 11) is 0. The highest BCUT2D eigenvalue weighted by atomic mass is 32.1. The lowest BCUT2D eigenvalue weighted by molar-refractivity contribution is 0.574. The first kappa shape index (κ1) is 13.6. The number of aliphatic imine (C=N–C) groups is 1. The first-order valence-corrected chi connectivity index (χ1v) is 7.22. The normalized spacial score (nSPS) is 10.2. The predicted molar refractivity (Wildman–Crippen MR) is 78.3 cm³/mol. The Morgan fingerprint density at radius 2 is 2.16 bits per heavy atom. The molecule has 0 unspecified atom stereocenters. The second kappa shape index (κ2) is 6.94. The summed E-state index contributed by atoms with van der Waals surface area (Å²) in [6.45, 7) is 6.26. The van der Waals surface area contributed by atoms with Gasteiger partial charge in [-0.05, 0) is 25.3 Å². The quantitative estimate of drug-likeness (QED) is 0.651. The topological polar surface area (TPSA) is 62.5 Å². The molecule has 0 fully saturated rings. The number of thiophene rings is 1. The highest BCUT2D eigenvalue weighted by Gasteiger charge is 2.07. The van der Waals surface area contributed by atoms with Gasteiger partial charge in [0.05, 0.1) is 11.4 Å². The molecule has 2 rings (SSSR count). The maximum atomic E-state index is 5.45. The van der Waals surface area contributed by atoms with Gasteiger partial charge in [0.2, 0.25) is 5.89 Å². The summed E-state index contributed by atoms with van der Waals surface area (Å²) in [5, 5.41) is 8.35. The number of aromatic nitrogens is 1. The van der Waals surface area contributed by atoms with E-state index in [-0.39, 0.29) is 0 Å². The number of nitrogens with one attached hydrogen (secondary N) is 2. The lowest BCUT2D eigenvalue weighted by Crippen LogP contribution is -2.36. The van der Waals surface area contributed by atoms with Crippen molar-refractivity contribution in [1.29, 1.82) is 0 Å². The SMILES string of the molecule is CCNC(=NCc1coc(-c2cccs2)n1)NCC. The van der Waals surface area contributed by atoms with Crippen molar-refractivity contribution in [3.8, 4) is 10.8 Å². The van der Waals surface area contributed by atoms with Gasteiger partial charge in [-0.15, -0.1) is 11.3 Å². The van der Waals surface area contributed by atoms with Crippen LogP contribution >= 0.6 is 11.3 Å². The summed E-state index contributed by atoms with van der Waals surface area (Å²) in [5.74, 6) is 1.46. The van der Waals surface area contributed by atoms with Gasteiger partial charge in [0.25, 0.3) is 0 Å². The minimum absolute atomic E-state index is 0.504. The van der Waals surface area contributed by atoms with E-state index >= 15 is 0 Å². The Kier molecular flexibility index (Phi) is 4.97. The van der Waals surface area contributed by atoms with E-state index in [1.165, 1.54) is 0 Å². The van der Waals surface area contributed by atoms with Crippen LogP contribution in [-0.4, -0.2) is 24.0 Å². The van der Waals surface area contributed by atoms with Gasteiger partial charge >= 0.3 is 0 Å². The predicted octanol–water partition coefficient (Wildman–Crippen LogP) is 2.48. The highest BCUT2D eigenvalue weighted by Crippen LogP contribution is 2.23. The zero-order chi connectivity index (χ0) is 13.5. The van der Waals surface area contributed by atoms with Crippen LogP contribution in [0, 0.1) is 0 Å². The van der Waals surface area contributed by atoms with Gasteiger partial charge in [0, 0.05) is 13.1 Å². The summed E-state index contributed by atoms with van der Waals surface area (Å²) in [4.78, 5) is 9.91. The van der Waals surface area contributed by atoms with Gasteiger partial charge in [0.15, 0.2) is 5.96 Å². The zero-order valence-electron chi connectivity index (χ0n) is 11.1. The third-order valence-corrected chi connectivity index (χ3v) is 3.23. The molecular formula is C13H18N4OS. The molecule has 0 saturated heterocycles. The van der Waals surface area contributed by atoms with Crippen molar-refractivity contribution in [2.24, 2.45) is 4.99 Å². The highest BCUT2D eigenvalue weighted by molar-refractivity contribution is 7.13. The van der Waals surface area contributed by atoms with Crippen LogP contribution in [0.4, 0.5) is 0 Å². The van der Waals surface area contributed by atoms with Crippen LogP contribution in [-0.2, 0) is 6.54 Å². The summed E-state index contributed by atoms with van der Waals surface area (Å²) < 4.78 is 5.45. The van der Waals surface area contributed by atoms with Crippen molar-refractivity contribution >= 4 is 17.3 Å². The fourth-order valence-corrected chi connectivity index (χ4v) is 2.22. The Morgan fingerprint density at radius 3 is 2.79 bits per heavy atom. The average molecular weight is 278 g/mol. The molecule has 0 radical (unpaired) electrons. The molecule has 0 aliphatic heterocycles. The standard InChI is InChI=1S/C13H18N4OS/c1-3-14-13(15-4-2)16-8-10-9-18-12(17-10)11-6-5-7-19-11/h5-7,9H,3-4,8H2,1-2H3,(H2,14,15,16). The third-order valence-electron chi connectivity index (χ3n) is 2.37. The van der Waals surface area contributed by atoms with E-state index in [4.69, 9.17) is 4.42 Å². The fraction of sp³-hybridized carbons (Fsp3) is 0.385. The molecule has 102 valence electrons. The molecule has 2 N–H and O–H groups in total. The molecule has 0 atom stereocenters. The summed E-state index contributed by atoms with van der Waals surface area (Å²) in [6, 6.07) is 3.97.